The Hall–Kier alpha value is -1.41. The number of hydrogen-bond donors (Lipinski definition) is 0. The van der Waals surface area contributed by atoms with Gasteiger partial charge in [-0.05, 0) is 22.9 Å². The Morgan fingerprint density at radius 3 is 2.47 bits per heavy atom. The van der Waals surface area contributed by atoms with Crippen molar-refractivity contribution in [1.29, 1.82) is 0 Å². The van der Waals surface area contributed by atoms with Gasteiger partial charge in [-0.1, -0.05) is 36.4 Å². The van der Waals surface area contributed by atoms with Gasteiger partial charge < -0.3 is 0 Å². The maximum Gasteiger partial charge on any atom is 0.0708 e. The van der Waals surface area contributed by atoms with E-state index in [1.54, 1.807) is 0 Å². The number of halogens is 1. The van der Waals surface area contributed by atoms with Crippen LogP contribution in [0.25, 0.3) is 21.7 Å². The molecule has 1 nitrogen and oxygen atoms in total. The van der Waals surface area contributed by atoms with Gasteiger partial charge in [0.05, 0.1) is 5.52 Å². The highest BCUT2D eigenvalue weighted by atomic mass is 79.9. The highest BCUT2D eigenvalue weighted by molar-refractivity contribution is 8.93. The van der Waals surface area contributed by atoms with E-state index >= 15 is 0 Å². The summed E-state index contributed by atoms with van der Waals surface area (Å²) in [5.41, 5.74) is 1.06. The molecule has 1 heterocycles. The standard InChI is InChI=1S/C13H9N.BrH/c1-2-5-11-10(4-1)7-8-13-12(11)6-3-9-14-13;/h1-9H;1H. The second-order valence-corrected chi connectivity index (χ2v) is 3.36. The molecule has 0 fully saturated rings. The molecule has 0 atom stereocenters. The van der Waals surface area contributed by atoms with Gasteiger partial charge in [-0.3, -0.25) is 4.98 Å². The third-order valence-corrected chi connectivity index (χ3v) is 2.51. The van der Waals surface area contributed by atoms with Gasteiger partial charge in [-0.2, -0.15) is 0 Å². The topological polar surface area (TPSA) is 12.9 Å². The highest BCUT2D eigenvalue weighted by Gasteiger charge is 1.98. The zero-order valence-corrected chi connectivity index (χ0v) is 9.76. The average Bonchev–Trinajstić information content (AvgIpc) is 2.29. The van der Waals surface area contributed by atoms with Gasteiger partial charge in [0, 0.05) is 11.6 Å². The normalized spacial score (nSPS) is 10.1. The van der Waals surface area contributed by atoms with Crippen LogP contribution in [0.5, 0.6) is 0 Å². The van der Waals surface area contributed by atoms with Crippen molar-refractivity contribution in [3.05, 3.63) is 54.7 Å². The van der Waals surface area contributed by atoms with Crippen molar-refractivity contribution in [2.24, 2.45) is 0 Å². The lowest BCUT2D eigenvalue weighted by Crippen LogP contribution is -1.79. The third-order valence-electron chi connectivity index (χ3n) is 2.51. The predicted octanol–water partition coefficient (Wildman–Crippen LogP) is 3.97. The second kappa shape index (κ2) is 3.99. The van der Waals surface area contributed by atoms with Gasteiger partial charge in [0.25, 0.3) is 0 Å². The van der Waals surface area contributed by atoms with E-state index in [9.17, 15) is 0 Å². The van der Waals surface area contributed by atoms with Gasteiger partial charge in [-0.25, -0.2) is 0 Å². The van der Waals surface area contributed by atoms with Crippen molar-refractivity contribution in [1.82, 2.24) is 4.98 Å². The van der Waals surface area contributed by atoms with Crippen LogP contribution in [0.4, 0.5) is 0 Å². The van der Waals surface area contributed by atoms with E-state index in [0.717, 1.165) is 5.52 Å². The van der Waals surface area contributed by atoms with Crippen LogP contribution in [0.3, 0.4) is 0 Å². The average molecular weight is 260 g/mol. The van der Waals surface area contributed by atoms with Crippen molar-refractivity contribution < 1.29 is 0 Å². The third kappa shape index (κ3) is 1.61. The number of hydrogen-bond acceptors (Lipinski definition) is 1. The lowest BCUT2D eigenvalue weighted by atomic mass is 10.1. The number of nitrogens with zero attached hydrogens (tertiary/aromatic N) is 1. The first-order valence-corrected chi connectivity index (χ1v) is 4.68. The fourth-order valence-corrected chi connectivity index (χ4v) is 1.83. The fraction of sp³-hybridized carbons (Fsp3) is 0. The van der Waals surface area contributed by atoms with Crippen molar-refractivity contribution in [2.45, 2.75) is 0 Å². The lowest BCUT2D eigenvalue weighted by molar-refractivity contribution is 1.42. The molecule has 0 radical (unpaired) electrons. The van der Waals surface area contributed by atoms with Crippen LogP contribution in [-0.2, 0) is 0 Å². The van der Waals surface area contributed by atoms with E-state index in [2.05, 4.69) is 47.4 Å². The van der Waals surface area contributed by atoms with Crippen LogP contribution in [0.1, 0.15) is 0 Å². The molecule has 0 N–H and O–H groups in total. The summed E-state index contributed by atoms with van der Waals surface area (Å²) in [6.45, 7) is 0. The zero-order valence-electron chi connectivity index (χ0n) is 8.05. The molecule has 74 valence electrons. The molecule has 0 aliphatic rings. The first kappa shape index (κ1) is 10.1. The highest BCUT2D eigenvalue weighted by Crippen LogP contribution is 2.22. The largest absolute Gasteiger partial charge is 0.256 e. The molecule has 3 rings (SSSR count). The van der Waals surface area contributed by atoms with Gasteiger partial charge in [0.1, 0.15) is 0 Å². The molecule has 1 aromatic heterocycles. The van der Waals surface area contributed by atoms with Gasteiger partial charge in [-0.15, -0.1) is 17.0 Å². The molecular formula is C13H10BrN. The smallest absolute Gasteiger partial charge is 0.0708 e. The molecule has 0 unspecified atom stereocenters. The zero-order chi connectivity index (χ0) is 9.38. The molecule has 0 amide bonds. The molecule has 0 aliphatic heterocycles. The molecule has 15 heavy (non-hydrogen) atoms. The number of aromatic nitrogens is 1. The molecular weight excluding hydrogens is 250 g/mol. The number of pyridine rings is 1. The van der Waals surface area contributed by atoms with Crippen LogP contribution < -0.4 is 0 Å². The van der Waals surface area contributed by atoms with E-state index in [-0.39, 0.29) is 17.0 Å². The summed E-state index contributed by atoms with van der Waals surface area (Å²) < 4.78 is 0. The van der Waals surface area contributed by atoms with E-state index in [1.807, 2.05) is 12.3 Å². The van der Waals surface area contributed by atoms with Gasteiger partial charge in [0.2, 0.25) is 0 Å². The SMILES string of the molecule is Br.c1ccc2c(c1)ccc1ncccc12. The van der Waals surface area contributed by atoms with Crippen LogP contribution >= 0.6 is 17.0 Å². The van der Waals surface area contributed by atoms with Crippen molar-refractivity contribution in [3.63, 3.8) is 0 Å². The summed E-state index contributed by atoms with van der Waals surface area (Å²) in [7, 11) is 0. The number of benzene rings is 2. The Kier molecular flexibility index (Phi) is 2.69. The Morgan fingerprint density at radius 2 is 1.53 bits per heavy atom. The Bertz CT molecular complexity index is 550. The monoisotopic (exact) mass is 259 g/mol. The molecule has 2 heteroatoms. The predicted molar refractivity (Wildman–Crippen MR) is 69.6 cm³/mol. The Morgan fingerprint density at radius 1 is 0.733 bits per heavy atom. The fourth-order valence-electron chi connectivity index (χ4n) is 1.83. The van der Waals surface area contributed by atoms with Crippen molar-refractivity contribution in [3.8, 4) is 0 Å². The van der Waals surface area contributed by atoms with E-state index in [1.165, 1.54) is 16.2 Å². The summed E-state index contributed by atoms with van der Waals surface area (Å²) >= 11 is 0. The molecule has 0 spiro atoms. The maximum absolute atomic E-state index is 4.33. The number of rotatable bonds is 0. The molecule has 0 bridgehead atoms. The van der Waals surface area contributed by atoms with Crippen molar-refractivity contribution in [2.75, 3.05) is 0 Å². The molecule has 2 aromatic carbocycles. The van der Waals surface area contributed by atoms with Crippen LogP contribution in [0.15, 0.2) is 54.7 Å². The number of fused-ring (bicyclic) bond motifs is 3. The minimum absolute atomic E-state index is 0. The summed E-state index contributed by atoms with van der Waals surface area (Å²) in [5.74, 6) is 0. The van der Waals surface area contributed by atoms with Crippen LogP contribution in [-0.4, -0.2) is 4.98 Å². The quantitative estimate of drug-likeness (QED) is 0.557. The molecule has 0 aliphatic carbocycles. The minimum Gasteiger partial charge on any atom is -0.256 e. The summed E-state index contributed by atoms with van der Waals surface area (Å²) in [6, 6.07) is 16.7. The minimum atomic E-state index is 0. The van der Waals surface area contributed by atoms with Gasteiger partial charge in [0.15, 0.2) is 0 Å². The molecule has 0 saturated heterocycles. The van der Waals surface area contributed by atoms with E-state index in [0.29, 0.717) is 0 Å². The first-order valence-electron chi connectivity index (χ1n) is 4.68. The summed E-state index contributed by atoms with van der Waals surface area (Å²) in [4.78, 5) is 4.33. The summed E-state index contributed by atoms with van der Waals surface area (Å²) in [5, 5.41) is 3.77. The van der Waals surface area contributed by atoms with Crippen LogP contribution in [0, 0.1) is 0 Å². The molecule has 0 saturated carbocycles. The Labute approximate surface area is 98.5 Å². The first-order chi connectivity index (χ1) is 6.95. The second-order valence-electron chi connectivity index (χ2n) is 3.36. The Balaban J connectivity index is 0.000000853. The van der Waals surface area contributed by atoms with E-state index < -0.39 is 0 Å². The van der Waals surface area contributed by atoms with Gasteiger partial charge >= 0.3 is 0 Å². The summed E-state index contributed by atoms with van der Waals surface area (Å²) in [6.07, 6.45) is 1.83. The van der Waals surface area contributed by atoms with Crippen molar-refractivity contribution >= 4 is 38.7 Å². The maximum atomic E-state index is 4.33. The van der Waals surface area contributed by atoms with E-state index in [4.69, 9.17) is 0 Å². The van der Waals surface area contributed by atoms with Crippen LogP contribution in [0.2, 0.25) is 0 Å². The lowest BCUT2D eigenvalue weighted by Gasteiger charge is -2.01. The molecule has 3 aromatic rings.